The van der Waals surface area contributed by atoms with Gasteiger partial charge in [0.2, 0.25) is 0 Å². The Morgan fingerprint density at radius 1 is 1.04 bits per heavy atom. The molecule has 0 aliphatic heterocycles. The first kappa shape index (κ1) is 17.4. The van der Waals surface area contributed by atoms with Crippen LogP contribution in [0.25, 0.3) is 15.9 Å². The normalized spacial score (nSPS) is 11.2. The highest BCUT2D eigenvalue weighted by atomic mass is 32.1. The van der Waals surface area contributed by atoms with Crippen LogP contribution in [0.2, 0.25) is 0 Å². The summed E-state index contributed by atoms with van der Waals surface area (Å²) in [5.41, 5.74) is 0.662. The van der Waals surface area contributed by atoms with Gasteiger partial charge in [-0.25, -0.2) is 18.1 Å². The average Bonchev–Trinajstić information content (AvgIpc) is 3.13. The van der Waals surface area contributed by atoms with E-state index in [4.69, 9.17) is 0 Å². The second-order valence-electron chi connectivity index (χ2n) is 6.17. The summed E-state index contributed by atoms with van der Waals surface area (Å²) in [5.74, 6) is -1.20. The number of halogens is 2. The zero-order chi connectivity index (χ0) is 19.1. The molecule has 0 saturated carbocycles. The molecule has 4 rings (SSSR count). The Balaban J connectivity index is 2.03. The van der Waals surface area contributed by atoms with E-state index in [0.29, 0.717) is 15.9 Å². The van der Waals surface area contributed by atoms with Gasteiger partial charge in [-0.3, -0.25) is 9.36 Å². The van der Waals surface area contributed by atoms with Crippen LogP contribution >= 0.6 is 11.3 Å². The summed E-state index contributed by atoms with van der Waals surface area (Å²) < 4.78 is 30.5. The van der Waals surface area contributed by atoms with Crippen LogP contribution in [0, 0.1) is 18.6 Å². The third kappa shape index (κ3) is 2.90. The molecule has 7 heteroatoms. The minimum atomic E-state index is -0.611. The highest BCUT2D eigenvalue weighted by Crippen LogP contribution is 2.19. The van der Waals surface area contributed by atoms with Crippen LogP contribution in [0.5, 0.6) is 0 Å². The Kier molecular flexibility index (Phi) is 4.24. The Hall–Kier alpha value is -3.06. The van der Waals surface area contributed by atoms with E-state index in [1.54, 1.807) is 36.6 Å². The quantitative estimate of drug-likeness (QED) is 0.539. The van der Waals surface area contributed by atoms with E-state index in [9.17, 15) is 18.4 Å². The van der Waals surface area contributed by atoms with Gasteiger partial charge in [0.05, 0.1) is 17.7 Å². The molecule has 27 heavy (non-hydrogen) atoms. The first-order valence-electron chi connectivity index (χ1n) is 8.20. The highest BCUT2D eigenvalue weighted by Gasteiger charge is 2.18. The van der Waals surface area contributed by atoms with Crippen LogP contribution in [0.15, 0.2) is 63.5 Å². The van der Waals surface area contributed by atoms with Crippen LogP contribution in [0.3, 0.4) is 0 Å². The third-order valence-electron chi connectivity index (χ3n) is 4.45. The van der Waals surface area contributed by atoms with Crippen molar-refractivity contribution in [3.8, 4) is 5.69 Å². The van der Waals surface area contributed by atoms with Gasteiger partial charge in [0.15, 0.2) is 0 Å². The number of benzene rings is 2. The van der Waals surface area contributed by atoms with Gasteiger partial charge in [-0.05, 0) is 48.2 Å². The number of aromatic nitrogens is 2. The minimum absolute atomic E-state index is 0.0413. The fourth-order valence-corrected chi connectivity index (χ4v) is 3.93. The van der Waals surface area contributed by atoms with E-state index in [-0.39, 0.29) is 12.1 Å². The molecule has 0 saturated heterocycles. The molecule has 2 aromatic carbocycles. The van der Waals surface area contributed by atoms with Gasteiger partial charge in [0.1, 0.15) is 16.3 Å². The van der Waals surface area contributed by atoms with Gasteiger partial charge in [0, 0.05) is 5.56 Å². The van der Waals surface area contributed by atoms with Crippen molar-refractivity contribution in [2.75, 3.05) is 0 Å². The number of hydrogen-bond donors (Lipinski definition) is 0. The lowest BCUT2D eigenvalue weighted by molar-refractivity contribution is 0.573. The fraction of sp³-hybridized carbons (Fsp3) is 0.100. The SMILES string of the molecule is Cc1ccccc1-n1c(=O)c2sccc2n(Cc2cc(F)ccc2F)c1=O. The summed E-state index contributed by atoms with van der Waals surface area (Å²) >= 11 is 1.21. The molecule has 0 bridgehead atoms. The van der Waals surface area contributed by atoms with E-state index in [1.165, 1.54) is 15.9 Å². The van der Waals surface area contributed by atoms with Crippen molar-refractivity contribution in [2.45, 2.75) is 13.5 Å². The topological polar surface area (TPSA) is 44.0 Å². The maximum Gasteiger partial charge on any atom is 0.336 e. The number of nitrogens with zero attached hydrogens (tertiary/aromatic N) is 2. The van der Waals surface area contributed by atoms with Gasteiger partial charge < -0.3 is 0 Å². The van der Waals surface area contributed by atoms with E-state index in [0.717, 1.165) is 28.3 Å². The Morgan fingerprint density at radius 3 is 2.59 bits per heavy atom. The largest absolute Gasteiger partial charge is 0.336 e. The van der Waals surface area contributed by atoms with E-state index in [1.807, 2.05) is 6.07 Å². The molecule has 0 N–H and O–H groups in total. The molecule has 0 aliphatic rings. The summed E-state index contributed by atoms with van der Waals surface area (Å²) in [7, 11) is 0. The first-order valence-corrected chi connectivity index (χ1v) is 9.08. The van der Waals surface area contributed by atoms with E-state index >= 15 is 0 Å². The summed E-state index contributed by atoms with van der Waals surface area (Å²) in [4.78, 5) is 26.1. The molecular weight excluding hydrogens is 370 g/mol. The molecule has 0 aliphatic carbocycles. The predicted molar refractivity (Wildman–Crippen MR) is 102 cm³/mol. The number of thiophene rings is 1. The van der Waals surface area contributed by atoms with Crippen molar-refractivity contribution in [3.05, 3.63) is 97.5 Å². The molecule has 0 radical (unpaired) electrons. The maximum absolute atomic E-state index is 14.1. The fourth-order valence-electron chi connectivity index (χ4n) is 3.10. The molecular formula is C20H14F2N2O2S. The van der Waals surface area contributed by atoms with Gasteiger partial charge in [0.25, 0.3) is 5.56 Å². The second-order valence-corrected chi connectivity index (χ2v) is 7.08. The molecule has 0 amide bonds. The molecule has 0 atom stereocenters. The van der Waals surface area contributed by atoms with Crippen molar-refractivity contribution < 1.29 is 8.78 Å². The monoisotopic (exact) mass is 384 g/mol. The molecule has 4 aromatic rings. The van der Waals surface area contributed by atoms with Gasteiger partial charge in [-0.1, -0.05) is 18.2 Å². The number of fused-ring (bicyclic) bond motifs is 1. The minimum Gasteiger partial charge on any atom is -0.287 e. The summed E-state index contributed by atoms with van der Waals surface area (Å²) in [6.07, 6.45) is 0. The van der Waals surface area contributed by atoms with Crippen molar-refractivity contribution in [3.63, 3.8) is 0 Å². The van der Waals surface area contributed by atoms with Gasteiger partial charge >= 0.3 is 5.69 Å². The van der Waals surface area contributed by atoms with Crippen LogP contribution in [0.1, 0.15) is 11.1 Å². The highest BCUT2D eigenvalue weighted by molar-refractivity contribution is 7.17. The van der Waals surface area contributed by atoms with Crippen LogP contribution in [-0.2, 0) is 6.54 Å². The lowest BCUT2D eigenvalue weighted by Gasteiger charge is -2.14. The van der Waals surface area contributed by atoms with Gasteiger partial charge in [-0.15, -0.1) is 11.3 Å². The Bertz CT molecular complexity index is 1290. The lowest BCUT2D eigenvalue weighted by atomic mass is 10.2. The molecule has 2 heterocycles. The zero-order valence-electron chi connectivity index (χ0n) is 14.3. The standard InChI is InChI=1S/C20H14F2N2O2S/c1-12-4-2-3-5-16(12)24-19(25)18-17(8-9-27-18)23(20(24)26)11-13-10-14(21)6-7-15(13)22/h2-10H,11H2,1H3. The maximum atomic E-state index is 14.1. The van der Waals surface area contributed by atoms with Crippen LogP contribution in [-0.4, -0.2) is 9.13 Å². The van der Waals surface area contributed by atoms with Crippen molar-refractivity contribution in [1.29, 1.82) is 0 Å². The van der Waals surface area contributed by atoms with Crippen LogP contribution < -0.4 is 11.2 Å². The number of aryl methyl sites for hydroxylation is 1. The van der Waals surface area contributed by atoms with E-state index < -0.39 is 22.9 Å². The van der Waals surface area contributed by atoms with E-state index in [2.05, 4.69) is 0 Å². The second kappa shape index (κ2) is 6.59. The predicted octanol–water partition coefficient (Wildman–Crippen LogP) is 3.85. The Morgan fingerprint density at radius 2 is 1.81 bits per heavy atom. The number of para-hydroxylation sites is 1. The van der Waals surface area contributed by atoms with Crippen molar-refractivity contribution in [2.24, 2.45) is 0 Å². The van der Waals surface area contributed by atoms with Crippen LogP contribution in [0.4, 0.5) is 8.78 Å². The molecule has 0 spiro atoms. The molecule has 0 unspecified atom stereocenters. The zero-order valence-corrected chi connectivity index (χ0v) is 15.1. The first-order chi connectivity index (χ1) is 13.0. The summed E-state index contributed by atoms with van der Waals surface area (Å²) in [6.45, 7) is 1.62. The Labute approximate surface area is 156 Å². The molecule has 4 nitrogen and oxygen atoms in total. The number of hydrogen-bond acceptors (Lipinski definition) is 3. The smallest absolute Gasteiger partial charge is 0.287 e. The lowest BCUT2D eigenvalue weighted by Crippen LogP contribution is -2.39. The van der Waals surface area contributed by atoms with Crippen molar-refractivity contribution in [1.82, 2.24) is 9.13 Å². The summed E-state index contributed by atoms with van der Waals surface area (Å²) in [6, 6.07) is 11.8. The average molecular weight is 384 g/mol. The van der Waals surface area contributed by atoms with Gasteiger partial charge in [-0.2, -0.15) is 0 Å². The number of rotatable bonds is 3. The molecule has 0 fully saturated rings. The molecule has 136 valence electrons. The summed E-state index contributed by atoms with van der Waals surface area (Å²) in [5, 5.41) is 1.70. The van der Waals surface area contributed by atoms with Crippen molar-refractivity contribution >= 4 is 21.6 Å². The third-order valence-corrected chi connectivity index (χ3v) is 5.34. The molecule has 2 aromatic heterocycles.